The molecule has 0 saturated heterocycles. The first-order valence-corrected chi connectivity index (χ1v) is 20.1. The van der Waals surface area contributed by atoms with E-state index in [0.717, 1.165) is 33.2 Å². The van der Waals surface area contributed by atoms with Crippen molar-refractivity contribution in [3.63, 3.8) is 0 Å². The molecule has 0 radical (unpaired) electrons. The topological polar surface area (TPSA) is 9.86 Å². The summed E-state index contributed by atoms with van der Waals surface area (Å²) in [6.45, 7) is 0. The summed E-state index contributed by atoms with van der Waals surface area (Å²) in [5.41, 5.74) is 4.15. The highest BCUT2D eigenvalue weighted by Gasteiger charge is 2.41. The summed E-state index contributed by atoms with van der Waals surface area (Å²) in [5.74, 6) is 0. The minimum absolute atomic E-state index is 0.192. The van der Waals surface area contributed by atoms with E-state index in [1.165, 1.54) is 0 Å². The zero-order valence-corrected chi connectivity index (χ0v) is 30.9. The smallest absolute Gasteiger partial charge is 0.179 e. The molecule has 0 fully saturated rings. The first-order valence-electron chi connectivity index (χ1n) is 27.6. The van der Waals surface area contributed by atoms with Crippen molar-refractivity contribution in [3.8, 4) is 22.5 Å². The maximum Gasteiger partial charge on any atom is 0.179 e. The molecule has 0 spiro atoms. The highest BCUT2D eigenvalue weighted by atomic mass is 28.3. The van der Waals surface area contributed by atoms with Gasteiger partial charge in [0.15, 0.2) is 8.07 Å². The van der Waals surface area contributed by atoms with Crippen LogP contribution in [0.2, 0.25) is 0 Å². The second-order valence-corrected chi connectivity index (χ2v) is 16.9. The fraction of sp³-hybridized carbons (Fsp3) is 0. The van der Waals surface area contributed by atoms with Gasteiger partial charge in [-0.3, -0.25) is 0 Å². The highest BCUT2D eigenvalue weighted by Crippen LogP contribution is 2.46. The van der Waals surface area contributed by atoms with E-state index in [-0.39, 0.29) is 11.1 Å². The van der Waals surface area contributed by atoms with Gasteiger partial charge in [0.2, 0.25) is 0 Å². The van der Waals surface area contributed by atoms with Gasteiger partial charge >= 0.3 is 0 Å². The molecule has 0 aliphatic rings. The average molecular weight is 762 g/mol. The van der Waals surface area contributed by atoms with Crippen LogP contribution in [0.1, 0.15) is 26.0 Å². The Labute approximate surface area is 359 Å². The van der Waals surface area contributed by atoms with Crippen LogP contribution in [0.25, 0.3) is 66.1 Å². The van der Waals surface area contributed by atoms with Gasteiger partial charge < -0.3 is 9.13 Å². The molecule has 0 atom stereocenters. The fourth-order valence-electron chi connectivity index (χ4n) is 8.20. The van der Waals surface area contributed by atoms with Crippen molar-refractivity contribution in [1.82, 2.24) is 9.13 Å². The summed E-state index contributed by atoms with van der Waals surface area (Å²) in [7, 11) is -6.07. The molecule has 0 amide bonds. The third kappa shape index (κ3) is 5.10. The van der Waals surface area contributed by atoms with Crippen molar-refractivity contribution in [1.29, 1.82) is 0 Å². The predicted octanol–water partition coefficient (Wildman–Crippen LogP) is 10.9. The lowest BCUT2D eigenvalue weighted by atomic mass is 9.96. The Morgan fingerprint density at radius 3 is 1.32 bits per heavy atom. The fourth-order valence-corrected chi connectivity index (χ4v) is 11.7. The van der Waals surface area contributed by atoms with Crippen LogP contribution in [0.5, 0.6) is 0 Å². The molecule has 2 nitrogen and oxygen atoms in total. The molecule has 11 rings (SSSR count). The van der Waals surface area contributed by atoms with E-state index in [0.29, 0.717) is 21.8 Å². The van der Waals surface area contributed by atoms with Crippen LogP contribution in [0, 0.1) is 0 Å². The maximum atomic E-state index is 10.3. The summed E-state index contributed by atoms with van der Waals surface area (Å²) in [6.07, 6.45) is 0. The second-order valence-electron chi connectivity index (χ2n) is 13.4. The molecule has 57 heavy (non-hydrogen) atoms. The Balaban J connectivity index is 1.42. The van der Waals surface area contributed by atoms with Crippen LogP contribution in [0.15, 0.2) is 230 Å². The van der Waals surface area contributed by atoms with Crippen LogP contribution >= 0.6 is 0 Å². The average Bonchev–Trinajstić information content (AvgIpc) is 4.05. The maximum absolute atomic E-state index is 10.3. The molecule has 2 heterocycles. The van der Waals surface area contributed by atoms with E-state index in [9.17, 15) is 13.7 Å². The number of rotatable bonds is 7. The summed E-state index contributed by atoms with van der Waals surface area (Å²) in [4.78, 5) is 0. The van der Waals surface area contributed by atoms with Crippen LogP contribution in [0.3, 0.4) is 0 Å². The molecule has 9 aromatic carbocycles. The Morgan fingerprint density at radius 2 is 0.789 bits per heavy atom. The van der Waals surface area contributed by atoms with E-state index in [1.54, 1.807) is 6.07 Å². The SMILES string of the molecule is [2H]c1c([2H])c([2H])c([Si](c2c([2H])c([2H])c([2H])c([2H])c2[2H])(c2c([2H])c([2H])c([2H])c([2H])c2[2H])c2c([2H])c([2H])c(-c3cc4c(c5ccccc5n4-c4ccccc4)c4c3c3ccccc3n4-c3ccccc3)c([2H])c2[2H])c([2H])c1[2H]. The summed E-state index contributed by atoms with van der Waals surface area (Å²) in [5, 5.41) is -0.883. The van der Waals surface area contributed by atoms with Crippen molar-refractivity contribution >= 4 is 72.4 Å². The third-order valence-corrected chi connectivity index (χ3v) is 14.5. The number of aromatic nitrogens is 2. The van der Waals surface area contributed by atoms with Crippen LogP contribution in [-0.4, -0.2) is 17.2 Å². The molecular weight excluding hydrogens is 705 g/mol. The molecule has 0 aliphatic carbocycles. The van der Waals surface area contributed by atoms with Crippen molar-refractivity contribution in [3.05, 3.63) is 230 Å². The van der Waals surface area contributed by atoms with E-state index >= 15 is 0 Å². The summed E-state index contributed by atoms with van der Waals surface area (Å²) >= 11 is 0. The molecule has 0 saturated carbocycles. The van der Waals surface area contributed by atoms with Gasteiger partial charge in [0.1, 0.15) is 0 Å². The molecule has 2 aromatic heterocycles. The lowest BCUT2D eigenvalue weighted by molar-refractivity contribution is 1.17. The second kappa shape index (κ2) is 13.5. The quantitative estimate of drug-likeness (QED) is 0.113. The monoisotopic (exact) mass is 761 g/mol. The number of hydrogen-bond donors (Lipinski definition) is 0. The number of fused-ring (bicyclic) bond motifs is 7. The minimum Gasteiger partial charge on any atom is -0.309 e. The molecule has 0 bridgehead atoms. The van der Waals surface area contributed by atoms with Gasteiger partial charge in [0.25, 0.3) is 0 Å². The normalized spacial score (nSPS) is 16.5. The molecular formula is C54H38N2Si. The first kappa shape index (κ1) is 19.1. The van der Waals surface area contributed by atoms with E-state index in [2.05, 4.69) is 4.57 Å². The van der Waals surface area contributed by atoms with Gasteiger partial charge in [-0.25, -0.2) is 0 Å². The first-order chi connectivity index (χ1) is 36.2. The van der Waals surface area contributed by atoms with Crippen molar-refractivity contribution in [2.45, 2.75) is 0 Å². The van der Waals surface area contributed by atoms with Gasteiger partial charge in [-0.1, -0.05) is 188 Å². The minimum atomic E-state index is -6.07. The van der Waals surface area contributed by atoms with Crippen LogP contribution < -0.4 is 20.7 Å². The van der Waals surface area contributed by atoms with Crippen molar-refractivity contribution in [2.75, 3.05) is 0 Å². The molecule has 0 unspecified atom stereocenters. The molecule has 3 heteroatoms. The Kier molecular flexibility index (Phi) is 4.53. The zero-order valence-electron chi connectivity index (χ0n) is 48.9. The van der Waals surface area contributed by atoms with Crippen LogP contribution in [-0.2, 0) is 0 Å². The summed E-state index contributed by atoms with van der Waals surface area (Å²) < 4.78 is 182. The number of nitrogens with zero attached hydrogens (tertiary/aromatic N) is 2. The highest BCUT2D eigenvalue weighted by molar-refractivity contribution is 7.19. The van der Waals surface area contributed by atoms with Gasteiger partial charge in [0, 0.05) is 32.9 Å². The summed E-state index contributed by atoms with van der Waals surface area (Å²) in [6, 6.07) is 17.0. The Bertz CT molecular complexity index is 4060. The van der Waals surface area contributed by atoms with E-state index < -0.39 is 144 Å². The largest absolute Gasteiger partial charge is 0.309 e. The van der Waals surface area contributed by atoms with Crippen molar-refractivity contribution < 1.29 is 26.0 Å². The number of para-hydroxylation sites is 4. The molecule has 11 aromatic rings. The Morgan fingerprint density at radius 1 is 0.368 bits per heavy atom. The van der Waals surface area contributed by atoms with Crippen LogP contribution in [0.4, 0.5) is 0 Å². The van der Waals surface area contributed by atoms with Gasteiger partial charge in [-0.15, -0.1) is 0 Å². The molecule has 268 valence electrons. The number of benzene rings is 9. The van der Waals surface area contributed by atoms with E-state index in [4.69, 9.17) is 12.3 Å². The standard InChI is InChI=1S/C54H38N2Si/c1-6-20-40(21-7-1)55-49-32-18-17-31-47(49)53-51(55)38-48(52-46-30-16-19-33-50(46)56(54(52)53)41-22-8-2-9-23-41)39-34-36-45(37-35-39)57(42-24-10-3-11-25-42,43-26-12-4-13-27-43)44-28-14-5-15-29-44/h1-38H/i3D,4D,5D,10D,11D,12D,13D,14D,15D,24D,25D,26D,27D,28D,29D,34D,35D,36D,37D. The van der Waals surface area contributed by atoms with Gasteiger partial charge in [-0.2, -0.15) is 0 Å². The van der Waals surface area contributed by atoms with Gasteiger partial charge in [0.05, 0.1) is 48.1 Å². The van der Waals surface area contributed by atoms with E-state index in [1.807, 2.05) is 114 Å². The molecule has 0 aliphatic heterocycles. The van der Waals surface area contributed by atoms with Gasteiger partial charge in [-0.05, 0) is 74.3 Å². The number of hydrogen-bond acceptors (Lipinski definition) is 0. The lowest BCUT2D eigenvalue weighted by Gasteiger charge is -2.34. The zero-order chi connectivity index (χ0) is 54.3. The molecule has 0 N–H and O–H groups in total. The Hall–Kier alpha value is -7.20. The lowest BCUT2D eigenvalue weighted by Crippen LogP contribution is -2.74. The third-order valence-electron chi connectivity index (χ3n) is 10.5. The van der Waals surface area contributed by atoms with Crippen molar-refractivity contribution in [2.24, 2.45) is 0 Å². The predicted molar refractivity (Wildman–Crippen MR) is 244 cm³/mol.